The van der Waals surface area contributed by atoms with E-state index in [0.717, 1.165) is 25.1 Å². The van der Waals surface area contributed by atoms with Crippen molar-refractivity contribution in [2.24, 2.45) is 0 Å². The molecule has 41 heavy (non-hydrogen) atoms. The van der Waals surface area contributed by atoms with Gasteiger partial charge in [0, 0.05) is 63.8 Å². The van der Waals surface area contributed by atoms with Crippen molar-refractivity contribution in [1.29, 1.82) is 0 Å². The molecule has 5 N–H and O–H groups in total. The summed E-state index contributed by atoms with van der Waals surface area (Å²) < 4.78 is 27.8. The molecule has 13 nitrogen and oxygen atoms in total. The van der Waals surface area contributed by atoms with Gasteiger partial charge >= 0.3 is 0 Å². The van der Waals surface area contributed by atoms with Crippen LogP contribution in [0.2, 0.25) is 0 Å². The maximum atomic E-state index is 13.3. The number of rotatable bonds is 4. The summed E-state index contributed by atoms with van der Waals surface area (Å²) in [5, 5.41) is 12.4. The number of hydrogen-bond acceptors (Lipinski definition) is 7. The number of benzene rings is 1. The van der Waals surface area contributed by atoms with Gasteiger partial charge in [0.1, 0.15) is 17.6 Å². The van der Waals surface area contributed by atoms with E-state index in [9.17, 15) is 22.8 Å². The molecule has 0 aliphatic carbocycles. The number of H-pyrrole nitrogens is 1. The summed E-state index contributed by atoms with van der Waals surface area (Å²) in [4.78, 5) is 46.6. The Morgan fingerprint density at radius 2 is 1.73 bits per heavy atom. The molecule has 0 saturated heterocycles. The second kappa shape index (κ2) is 13.6. The van der Waals surface area contributed by atoms with Crippen molar-refractivity contribution in [3.05, 3.63) is 59.9 Å². The van der Waals surface area contributed by atoms with Crippen molar-refractivity contribution < 1.29 is 22.8 Å². The van der Waals surface area contributed by atoms with E-state index in [-0.39, 0.29) is 44.2 Å². The summed E-state index contributed by atoms with van der Waals surface area (Å²) in [6.45, 7) is 0.561. The highest BCUT2D eigenvalue weighted by Crippen LogP contribution is 2.19. The van der Waals surface area contributed by atoms with Crippen molar-refractivity contribution in [3.8, 4) is 0 Å². The molecule has 1 atom stereocenters. The number of amides is 3. The first-order chi connectivity index (χ1) is 19.6. The highest BCUT2D eigenvalue weighted by Gasteiger charge is 2.27. The molecule has 2 aromatic heterocycles. The lowest BCUT2D eigenvalue weighted by molar-refractivity contribution is -0.123. The molecule has 220 valence electrons. The Kier molecular flexibility index (Phi) is 9.91. The lowest BCUT2D eigenvalue weighted by Crippen LogP contribution is -2.48. The minimum atomic E-state index is -3.83. The van der Waals surface area contributed by atoms with Crippen molar-refractivity contribution in [3.63, 3.8) is 0 Å². The molecular formula is C27H36N8O5S. The van der Waals surface area contributed by atoms with Gasteiger partial charge in [0.25, 0.3) is 16.1 Å². The van der Waals surface area contributed by atoms with Gasteiger partial charge in [-0.2, -0.15) is 17.0 Å². The Balaban J connectivity index is 1.55. The zero-order chi connectivity index (χ0) is 29.4. The minimum absolute atomic E-state index is 0.104. The Hall–Kier alpha value is -4.01. The molecule has 0 radical (unpaired) electrons. The molecule has 0 fully saturated rings. The molecule has 2 bridgehead atoms. The SMILES string of the molecule is CN(C)S(=O)(=O)N1CCCCNC(=O)[C@H](Cc2c[nH]c3ccccc23)NC(=O)c2cccc(n2)NCCNC(=O)C1. The summed E-state index contributed by atoms with van der Waals surface area (Å²) >= 11 is 0. The number of hydrogen-bond donors (Lipinski definition) is 5. The van der Waals surface area contributed by atoms with Gasteiger partial charge in [0.2, 0.25) is 11.8 Å². The molecule has 0 unspecified atom stereocenters. The van der Waals surface area contributed by atoms with E-state index in [1.54, 1.807) is 18.2 Å². The third kappa shape index (κ3) is 7.80. The van der Waals surface area contributed by atoms with Gasteiger partial charge in [-0.3, -0.25) is 14.4 Å². The van der Waals surface area contributed by atoms with E-state index in [4.69, 9.17) is 0 Å². The van der Waals surface area contributed by atoms with Crippen molar-refractivity contribution in [2.45, 2.75) is 25.3 Å². The normalized spacial score (nSPS) is 18.9. The summed E-state index contributed by atoms with van der Waals surface area (Å²) in [7, 11) is -1.01. The van der Waals surface area contributed by atoms with Crippen LogP contribution >= 0.6 is 0 Å². The topological polar surface area (TPSA) is 169 Å². The lowest BCUT2D eigenvalue weighted by Gasteiger charge is -2.25. The summed E-state index contributed by atoms with van der Waals surface area (Å²) in [5.74, 6) is -0.888. The first-order valence-electron chi connectivity index (χ1n) is 13.4. The molecular weight excluding hydrogens is 548 g/mol. The molecule has 4 rings (SSSR count). The number of pyridine rings is 1. The largest absolute Gasteiger partial charge is 0.368 e. The smallest absolute Gasteiger partial charge is 0.281 e. The van der Waals surface area contributed by atoms with Gasteiger partial charge in [-0.25, -0.2) is 4.98 Å². The van der Waals surface area contributed by atoms with Gasteiger partial charge in [0.05, 0.1) is 6.54 Å². The van der Waals surface area contributed by atoms with Crippen LogP contribution in [0.4, 0.5) is 5.82 Å². The van der Waals surface area contributed by atoms with Gasteiger partial charge in [-0.1, -0.05) is 24.3 Å². The average Bonchev–Trinajstić information content (AvgIpc) is 3.36. The number of carbonyl (C=O) groups is 3. The van der Waals surface area contributed by atoms with E-state index in [0.29, 0.717) is 25.2 Å². The fourth-order valence-electron chi connectivity index (χ4n) is 4.48. The van der Waals surface area contributed by atoms with Gasteiger partial charge < -0.3 is 26.3 Å². The molecule has 0 saturated carbocycles. The third-order valence-corrected chi connectivity index (χ3v) is 8.58. The van der Waals surface area contributed by atoms with Crippen LogP contribution in [-0.2, 0) is 26.2 Å². The van der Waals surface area contributed by atoms with Crippen LogP contribution in [-0.4, -0.2) is 97.6 Å². The average molecular weight is 585 g/mol. The third-order valence-electron chi connectivity index (χ3n) is 6.70. The monoisotopic (exact) mass is 584 g/mol. The fraction of sp³-hybridized carbons (Fsp3) is 0.407. The standard InChI is InChI=1S/C27H36N8O5S/c1-34(2)41(39,40)35-15-6-5-12-30-26(37)23(16-19-17-31-21-9-4-3-8-20(19)21)33-27(38)22-10-7-11-24(32-22)28-13-14-29-25(36)18-35/h3-4,7-11,17,23,31H,5-6,12-16,18H2,1-2H3,(H,28,32)(H,29,36)(H,30,37)(H,33,38)/t23-/m0/s1. The molecule has 14 heteroatoms. The summed E-state index contributed by atoms with van der Waals surface area (Å²) in [6, 6.07) is 11.8. The Morgan fingerprint density at radius 3 is 2.54 bits per heavy atom. The van der Waals surface area contributed by atoms with Crippen LogP contribution in [0.25, 0.3) is 10.9 Å². The first kappa shape index (κ1) is 30.0. The Morgan fingerprint density at radius 1 is 0.951 bits per heavy atom. The molecule has 3 amide bonds. The minimum Gasteiger partial charge on any atom is -0.368 e. The van der Waals surface area contributed by atoms with Crippen molar-refractivity contribution in [2.75, 3.05) is 52.1 Å². The van der Waals surface area contributed by atoms with E-state index >= 15 is 0 Å². The van der Waals surface area contributed by atoms with Gasteiger partial charge in [-0.15, -0.1) is 0 Å². The van der Waals surface area contributed by atoms with Crippen molar-refractivity contribution >= 4 is 44.7 Å². The first-order valence-corrected chi connectivity index (χ1v) is 14.8. The van der Waals surface area contributed by atoms with E-state index < -0.39 is 28.1 Å². The quantitative estimate of drug-likeness (QED) is 0.297. The molecule has 1 aliphatic rings. The highest BCUT2D eigenvalue weighted by atomic mass is 32.2. The predicted octanol–water partition coefficient (Wildman–Crippen LogP) is 0.451. The second-order valence-electron chi connectivity index (χ2n) is 9.90. The Bertz CT molecular complexity index is 1490. The number of carbonyl (C=O) groups excluding carboxylic acids is 3. The number of aromatic amines is 1. The molecule has 0 spiro atoms. The van der Waals surface area contributed by atoms with Crippen LogP contribution in [0.1, 0.15) is 28.9 Å². The number of para-hydroxylation sites is 1. The fourth-order valence-corrected chi connectivity index (χ4v) is 5.59. The van der Waals surface area contributed by atoms with Gasteiger partial charge in [0.15, 0.2) is 0 Å². The number of nitrogens with one attached hydrogen (secondary N) is 5. The van der Waals surface area contributed by atoms with Crippen LogP contribution in [0.5, 0.6) is 0 Å². The van der Waals surface area contributed by atoms with E-state index in [2.05, 4.69) is 31.2 Å². The summed E-state index contributed by atoms with van der Waals surface area (Å²) in [5.41, 5.74) is 1.94. The molecule has 1 aromatic carbocycles. The van der Waals surface area contributed by atoms with Gasteiger partial charge in [-0.05, 0) is 36.6 Å². The lowest BCUT2D eigenvalue weighted by atomic mass is 10.0. The highest BCUT2D eigenvalue weighted by molar-refractivity contribution is 7.86. The second-order valence-corrected chi connectivity index (χ2v) is 12.0. The number of anilines is 1. The molecule has 1 aliphatic heterocycles. The number of nitrogens with zero attached hydrogens (tertiary/aromatic N) is 3. The van der Waals surface area contributed by atoms with Crippen LogP contribution < -0.4 is 21.3 Å². The van der Waals surface area contributed by atoms with Crippen LogP contribution in [0.15, 0.2) is 48.7 Å². The zero-order valence-corrected chi connectivity index (χ0v) is 24.0. The Labute approximate surface area is 239 Å². The number of fused-ring (bicyclic) bond motifs is 3. The van der Waals surface area contributed by atoms with Crippen molar-refractivity contribution in [1.82, 2.24) is 34.5 Å². The predicted molar refractivity (Wildman–Crippen MR) is 155 cm³/mol. The number of aromatic nitrogens is 2. The van der Waals surface area contributed by atoms with Crippen LogP contribution in [0.3, 0.4) is 0 Å². The maximum absolute atomic E-state index is 13.3. The zero-order valence-electron chi connectivity index (χ0n) is 23.1. The van der Waals surface area contributed by atoms with E-state index in [1.165, 1.54) is 14.1 Å². The van der Waals surface area contributed by atoms with E-state index in [1.807, 2.05) is 30.5 Å². The van der Waals surface area contributed by atoms with Crippen LogP contribution in [0, 0.1) is 0 Å². The molecule has 3 aromatic rings. The summed E-state index contributed by atoms with van der Waals surface area (Å²) in [6.07, 6.45) is 2.96. The molecule has 3 heterocycles. The maximum Gasteiger partial charge on any atom is 0.281 e.